The molecule has 0 aliphatic rings. The van der Waals surface area contributed by atoms with E-state index in [2.05, 4.69) is 15.9 Å². The molecule has 0 saturated heterocycles. The van der Waals surface area contributed by atoms with Gasteiger partial charge in [0.25, 0.3) is 5.91 Å². The number of hydrogen-bond donors (Lipinski definition) is 1. The Morgan fingerprint density at radius 2 is 2.43 bits per heavy atom. The molecule has 1 heterocycles. The summed E-state index contributed by atoms with van der Waals surface area (Å²) in [5.41, 5.74) is 0.466. The van der Waals surface area contributed by atoms with Gasteiger partial charge >= 0.3 is 0 Å². The zero-order valence-electron chi connectivity index (χ0n) is 8.03. The summed E-state index contributed by atoms with van der Waals surface area (Å²) in [5, 5.41) is 8.89. The van der Waals surface area contributed by atoms with Gasteiger partial charge in [0.15, 0.2) is 4.67 Å². The quantitative estimate of drug-likeness (QED) is 0.897. The highest BCUT2D eigenvalue weighted by molar-refractivity contribution is 9.10. The Labute approximate surface area is 90.6 Å². The van der Waals surface area contributed by atoms with Crippen LogP contribution >= 0.6 is 15.9 Å². The molecule has 1 atom stereocenters. The second-order valence-corrected chi connectivity index (χ2v) is 3.78. The maximum atomic E-state index is 11.8. The van der Waals surface area contributed by atoms with E-state index < -0.39 is 0 Å². The molecule has 5 heteroatoms. The van der Waals surface area contributed by atoms with Crippen LogP contribution in [0.4, 0.5) is 0 Å². The van der Waals surface area contributed by atoms with Gasteiger partial charge in [-0.1, -0.05) is 0 Å². The van der Waals surface area contributed by atoms with Gasteiger partial charge in [0, 0.05) is 7.05 Å². The van der Waals surface area contributed by atoms with Crippen molar-refractivity contribution in [3.63, 3.8) is 0 Å². The molecule has 1 aromatic rings. The maximum Gasteiger partial charge on any atom is 0.258 e. The van der Waals surface area contributed by atoms with E-state index in [1.54, 1.807) is 20.0 Å². The monoisotopic (exact) mass is 261 g/mol. The first-order valence-corrected chi connectivity index (χ1v) is 4.98. The SMILES string of the molecule is CC(CO)N(C)C(=O)c1ccoc1Br. The lowest BCUT2D eigenvalue weighted by Gasteiger charge is -2.22. The van der Waals surface area contributed by atoms with Gasteiger partial charge in [0.1, 0.15) is 0 Å². The number of nitrogens with zero attached hydrogens (tertiary/aromatic N) is 1. The molecular formula is C9H12BrNO3. The number of hydrogen-bond acceptors (Lipinski definition) is 3. The number of aliphatic hydroxyl groups excluding tert-OH is 1. The van der Waals surface area contributed by atoms with Crippen LogP contribution in [0.1, 0.15) is 17.3 Å². The summed E-state index contributed by atoms with van der Waals surface area (Å²) < 4.78 is 5.37. The Bertz CT molecular complexity index is 324. The fourth-order valence-corrected chi connectivity index (χ4v) is 1.37. The highest BCUT2D eigenvalue weighted by Crippen LogP contribution is 2.19. The summed E-state index contributed by atoms with van der Waals surface area (Å²) in [4.78, 5) is 13.2. The Kier molecular flexibility index (Phi) is 3.71. The van der Waals surface area contributed by atoms with Crippen LogP contribution in [-0.2, 0) is 0 Å². The van der Waals surface area contributed by atoms with Crippen LogP contribution < -0.4 is 0 Å². The second kappa shape index (κ2) is 4.61. The Hall–Kier alpha value is -0.810. The van der Waals surface area contributed by atoms with Crippen LogP contribution in [0, 0.1) is 0 Å². The molecule has 0 aliphatic carbocycles. The lowest BCUT2D eigenvalue weighted by atomic mass is 10.2. The van der Waals surface area contributed by atoms with Crippen molar-refractivity contribution in [1.82, 2.24) is 4.90 Å². The summed E-state index contributed by atoms with van der Waals surface area (Å²) in [7, 11) is 1.64. The molecule has 0 aliphatic heterocycles. The molecule has 1 N–H and O–H groups in total. The molecule has 0 radical (unpaired) electrons. The van der Waals surface area contributed by atoms with Crippen molar-refractivity contribution in [1.29, 1.82) is 0 Å². The Morgan fingerprint density at radius 3 is 2.86 bits per heavy atom. The topological polar surface area (TPSA) is 53.7 Å². The summed E-state index contributed by atoms with van der Waals surface area (Å²) in [6, 6.07) is 1.39. The largest absolute Gasteiger partial charge is 0.457 e. The highest BCUT2D eigenvalue weighted by atomic mass is 79.9. The van der Waals surface area contributed by atoms with Crippen molar-refractivity contribution in [3.05, 3.63) is 22.6 Å². The van der Waals surface area contributed by atoms with Crippen molar-refractivity contribution in [2.45, 2.75) is 13.0 Å². The predicted molar refractivity (Wildman–Crippen MR) is 55.0 cm³/mol. The third-order valence-electron chi connectivity index (χ3n) is 2.09. The van der Waals surface area contributed by atoms with Crippen molar-refractivity contribution >= 4 is 21.8 Å². The van der Waals surface area contributed by atoms with Crippen LogP contribution in [0.15, 0.2) is 21.4 Å². The highest BCUT2D eigenvalue weighted by Gasteiger charge is 2.20. The molecule has 1 aromatic heterocycles. The van der Waals surface area contributed by atoms with E-state index in [-0.39, 0.29) is 18.6 Å². The van der Waals surface area contributed by atoms with Gasteiger partial charge in [-0.15, -0.1) is 0 Å². The van der Waals surface area contributed by atoms with Crippen LogP contribution in [-0.4, -0.2) is 35.6 Å². The van der Waals surface area contributed by atoms with Gasteiger partial charge in [-0.3, -0.25) is 4.79 Å². The molecule has 0 bridgehead atoms. The minimum absolute atomic E-state index is 0.0578. The Balaban J connectivity index is 2.81. The van der Waals surface area contributed by atoms with Gasteiger partial charge in [-0.05, 0) is 28.9 Å². The molecule has 0 saturated carbocycles. The molecule has 1 unspecified atom stereocenters. The first-order chi connectivity index (χ1) is 6.57. The normalized spacial score (nSPS) is 12.6. The number of aliphatic hydroxyl groups is 1. The van der Waals surface area contributed by atoms with Crippen molar-refractivity contribution in [3.8, 4) is 0 Å². The molecule has 1 rings (SSSR count). The number of halogens is 1. The molecule has 1 amide bonds. The smallest absolute Gasteiger partial charge is 0.258 e. The third kappa shape index (κ3) is 2.16. The zero-order valence-corrected chi connectivity index (χ0v) is 9.61. The summed E-state index contributed by atoms with van der Waals surface area (Å²) in [6.07, 6.45) is 1.44. The predicted octanol–water partition coefficient (Wildman–Crippen LogP) is 1.49. The van der Waals surface area contributed by atoms with Gasteiger partial charge in [-0.25, -0.2) is 0 Å². The number of likely N-dealkylation sites (N-methyl/N-ethyl adjacent to an activating group) is 1. The fraction of sp³-hybridized carbons (Fsp3) is 0.444. The van der Waals surface area contributed by atoms with E-state index in [0.29, 0.717) is 10.2 Å². The standard InChI is InChI=1S/C9H12BrNO3/c1-6(5-12)11(2)9(13)7-3-4-14-8(7)10/h3-4,6,12H,5H2,1-2H3. The van der Waals surface area contributed by atoms with E-state index in [0.717, 1.165) is 0 Å². The van der Waals surface area contributed by atoms with E-state index in [9.17, 15) is 4.79 Å². The van der Waals surface area contributed by atoms with Crippen LogP contribution in [0.3, 0.4) is 0 Å². The lowest BCUT2D eigenvalue weighted by molar-refractivity contribution is 0.0680. The third-order valence-corrected chi connectivity index (χ3v) is 2.71. The van der Waals surface area contributed by atoms with Crippen molar-refractivity contribution in [2.75, 3.05) is 13.7 Å². The zero-order chi connectivity index (χ0) is 10.7. The van der Waals surface area contributed by atoms with Crippen LogP contribution in [0.25, 0.3) is 0 Å². The first-order valence-electron chi connectivity index (χ1n) is 4.19. The van der Waals surface area contributed by atoms with E-state index in [1.807, 2.05) is 0 Å². The van der Waals surface area contributed by atoms with Crippen LogP contribution in [0.5, 0.6) is 0 Å². The minimum atomic E-state index is -0.204. The molecule has 78 valence electrons. The van der Waals surface area contributed by atoms with E-state index in [4.69, 9.17) is 9.52 Å². The van der Waals surface area contributed by atoms with Gasteiger partial charge < -0.3 is 14.4 Å². The summed E-state index contributed by atoms with van der Waals surface area (Å²) in [6.45, 7) is 1.71. The van der Waals surface area contributed by atoms with E-state index in [1.165, 1.54) is 11.2 Å². The lowest BCUT2D eigenvalue weighted by Crippen LogP contribution is -2.37. The summed E-state index contributed by atoms with van der Waals surface area (Å²) in [5.74, 6) is -0.174. The summed E-state index contributed by atoms with van der Waals surface area (Å²) >= 11 is 3.13. The average Bonchev–Trinajstić information content (AvgIpc) is 2.61. The maximum absolute atomic E-state index is 11.8. The average molecular weight is 262 g/mol. The Morgan fingerprint density at radius 1 is 1.79 bits per heavy atom. The molecule has 0 spiro atoms. The second-order valence-electron chi connectivity index (χ2n) is 3.06. The van der Waals surface area contributed by atoms with Crippen molar-refractivity contribution < 1.29 is 14.3 Å². The number of carbonyl (C=O) groups is 1. The first kappa shape index (κ1) is 11.3. The number of amides is 1. The number of furan rings is 1. The fourth-order valence-electron chi connectivity index (χ4n) is 0.959. The molecule has 0 fully saturated rings. The van der Waals surface area contributed by atoms with Gasteiger partial charge in [0.2, 0.25) is 0 Å². The van der Waals surface area contributed by atoms with Gasteiger partial charge in [-0.2, -0.15) is 0 Å². The van der Waals surface area contributed by atoms with Crippen LogP contribution in [0.2, 0.25) is 0 Å². The van der Waals surface area contributed by atoms with Crippen molar-refractivity contribution in [2.24, 2.45) is 0 Å². The van der Waals surface area contributed by atoms with E-state index >= 15 is 0 Å². The molecule has 4 nitrogen and oxygen atoms in total. The number of rotatable bonds is 3. The molecule has 14 heavy (non-hydrogen) atoms. The van der Waals surface area contributed by atoms with Gasteiger partial charge in [0.05, 0.1) is 24.5 Å². The minimum Gasteiger partial charge on any atom is -0.457 e. The number of carbonyl (C=O) groups excluding carboxylic acids is 1. The molecular weight excluding hydrogens is 250 g/mol. The molecule has 0 aromatic carbocycles.